The van der Waals surface area contributed by atoms with Crippen molar-refractivity contribution < 1.29 is 4.52 Å². The van der Waals surface area contributed by atoms with Gasteiger partial charge in [0.15, 0.2) is 5.82 Å². The maximum Gasteiger partial charge on any atom is 0.240 e. The summed E-state index contributed by atoms with van der Waals surface area (Å²) in [5.41, 5.74) is 1.03. The van der Waals surface area contributed by atoms with Gasteiger partial charge in [-0.15, -0.1) is 0 Å². The quantitative estimate of drug-likeness (QED) is 0.934. The Morgan fingerprint density at radius 1 is 1.35 bits per heavy atom. The first-order valence-corrected chi connectivity index (χ1v) is 8.35. The highest BCUT2D eigenvalue weighted by molar-refractivity contribution is 6.31. The van der Waals surface area contributed by atoms with E-state index in [4.69, 9.17) is 16.1 Å². The number of aromatic nitrogens is 2. The molecule has 0 radical (unpaired) electrons. The van der Waals surface area contributed by atoms with Crippen molar-refractivity contribution in [1.29, 1.82) is 0 Å². The highest BCUT2D eigenvalue weighted by Crippen LogP contribution is 2.29. The molecular formula is C17H23ClN4O. The highest BCUT2D eigenvalue weighted by Gasteiger charge is 2.28. The number of rotatable bonds is 3. The van der Waals surface area contributed by atoms with Crippen LogP contribution in [-0.2, 0) is 12.0 Å². The molecule has 3 rings (SSSR count). The first-order chi connectivity index (χ1) is 10.9. The summed E-state index contributed by atoms with van der Waals surface area (Å²) in [6, 6.07) is 8.22. The van der Waals surface area contributed by atoms with Crippen LogP contribution in [0.25, 0.3) is 0 Å². The van der Waals surface area contributed by atoms with Crippen molar-refractivity contribution in [1.82, 2.24) is 20.4 Å². The minimum absolute atomic E-state index is 0.104. The van der Waals surface area contributed by atoms with E-state index in [9.17, 15) is 0 Å². The van der Waals surface area contributed by atoms with E-state index in [1.165, 1.54) is 0 Å². The fraction of sp³-hybridized carbons (Fsp3) is 0.529. The molecule has 1 atom stereocenters. The molecule has 1 aromatic carbocycles. The van der Waals surface area contributed by atoms with E-state index in [1.807, 2.05) is 18.2 Å². The standard InChI is InChI=1S/C17H23ClN4O/c1-17(2,3)16-20-15(23-21-16)11-22-9-8-19-10-14(22)12-6-4-5-7-13(12)18/h4-7,14,19H,8-11H2,1-3H3. The smallest absolute Gasteiger partial charge is 0.240 e. The maximum absolute atomic E-state index is 6.38. The number of nitrogens with zero attached hydrogens (tertiary/aromatic N) is 3. The van der Waals surface area contributed by atoms with Gasteiger partial charge in [0.05, 0.1) is 6.54 Å². The second-order valence-electron chi connectivity index (χ2n) is 6.97. The van der Waals surface area contributed by atoms with E-state index < -0.39 is 0 Å². The monoisotopic (exact) mass is 334 g/mol. The zero-order valence-corrected chi connectivity index (χ0v) is 14.6. The molecule has 0 aliphatic carbocycles. The van der Waals surface area contributed by atoms with E-state index in [1.54, 1.807) is 0 Å². The molecule has 1 aliphatic heterocycles. The number of hydrogen-bond acceptors (Lipinski definition) is 5. The van der Waals surface area contributed by atoms with Gasteiger partial charge in [0.2, 0.25) is 5.89 Å². The number of benzene rings is 1. The molecule has 1 N–H and O–H groups in total. The largest absolute Gasteiger partial charge is 0.338 e. The molecule has 124 valence electrons. The average molecular weight is 335 g/mol. The molecule has 0 amide bonds. The van der Waals surface area contributed by atoms with Crippen LogP contribution >= 0.6 is 11.6 Å². The van der Waals surface area contributed by atoms with Gasteiger partial charge in [-0.3, -0.25) is 4.90 Å². The Morgan fingerprint density at radius 3 is 2.83 bits per heavy atom. The Kier molecular flexibility index (Phi) is 4.71. The first-order valence-electron chi connectivity index (χ1n) is 7.97. The second-order valence-corrected chi connectivity index (χ2v) is 7.38. The minimum Gasteiger partial charge on any atom is -0.338 e. The summed E-state index contributed by atoms with van der Waals surface area (Å²) in [7, 11) is 0. The van der Waals surface area contributed by atoms with Gasteiger partial charge < -0.3 is 9.84 Å². The molecule has 1 aliphatic rings. The van der Waals surface area contributed by atoms with Crippen LogP contribution < -0.4 is 5.32 Å². The van der Waals surface area contributed by atoms with Crippen LogP contribution in [0.15, 0.2) is 28.8 Å². The third-order valence-electron chi connectivity index (χ3n) is 4.10. The lowest BCUT2D eigenvalue weighted by molar-refractivity contribution is 0.135. The van der Waals surface area contributed by atoms with Gasteiger partial charge in [-0.1, -0.05) is 55.7 Å². The summed E-state index contributed by atoms with van der Waals surface area (Å²) in [6.07, 6.45) is 0. The van der Waals surface area contributed by atoms with Crippen LogP contribution in [0, 0.1) is 0 Å². The molecule has 2 aromatic rings. The molecule has 23 heavy (non-hydrogen) atoms. The molecule has 0 bridgehead atoms. The van der Waals surface area contributed by atoms with Gasteiger partial charge in [0, 0.05) is 36.1 Å². The summed E-state index contributed by atoms with van der Waals surface area (Å²) in [5, 5.41) is 8.35. The molecule has 0 saturated carbocycles. The van der Waals surface area contributed by atoms with Gasteiger partial charge in [-0.2, -0.15) is 4.98 Å². The fourth-order valence-corrected chi connectivity index (χ4v) is 3.05. The number of halogens is 1. The summed E-state index contributed by atoms with van der Waals surface area (Å²) in [6.45, 7) is 9.62. The molecule has 1 saturated heterocycles. The Labute approximate surface area is 142 Å². The summed E-state index contributed by atoms with van der Waals surface area (Å²) < 4.78 is 5.45. The molecule has 6 heteroatoms. The van der Waals surface area contributed by atoms with E-state index in [0.717, 1.165) is 36.0 Å². The third-order valence-corrected chi connectivity index (χ3v) is 4.44. The molecule has 1 unspecified atom stereocenters. The van der Waals surface area contributed by atoms with Crippen molar-refractivity contribution in [3.63, 3.8) is 0 Å². The van der Waals surface area contributed by atoms with Gasteiger partial charge >= 0.3 is 0 Å². The number of hydrogen-bond donors (Lipinski definition) is 1. The lowest BCUT2D eigenvalue weighted by Gasteiger charge is -2.35. The van der Waals surface area contributed by atoms with Crippen molar-refractivity contribution in [2.45, 2.75) is 38.8 Å². The van der Waals surface area contributed by atoms with Crippen LogP contribution in [0.4, 0.5) is 0 Å². The van der Waals surface area contributed by atoms with Crippen LogP contribution in [0.3, 0.4) is 0 Å². The Morgan fingerprint density at radius 2 is 2.13 bits per heavy atom. The zero-order chi connectivity index (χ0) is 16.4. The van der Waals surface area contributed by atoms with Crippen LogP contribution in [0.5, 0.6) is 0 Å². The maximum atomic E-state index is 6.38. The summed E-state index contributed by atoms with van der Waals surface area (Å²) >= 11 is 6.38. The molecule has 1 aromatic heterocycles. The molecule has 1 fully saturated rings. The molecule has 0 spiro atoms. The predicted molar refractivity (Wildman–Crippen MR) is 90.5 cm³/mol. The van der Waals surface area contributed by atoms with Gasteiger partial charge in [0.25, 0.3) is 0 Å². The van der Waals surface area contributed by atoms with E-state index >= 15 is 0 Å². The van der Waals surface area contributed by atoms with Crippen LogP contribution in [-0.4, -0.2) is 34.7 Å². The second kappa shape index (κ2) is 6.59. The summed E-state index contributed by atoms with van der Waals surface area (Å²) in [4.78, 5) is 6.90. The van der Waals surface area contributed by atoms with Crippen molar-refractivity contribution in [3.8, 4) is 0 Å². The van der Waals surface area contributed by atoms with Gasteiger partial charge in [0.1, 0.15) is 0 Å². The number of piperazine rings is 1. The van der Waals surface area contributed by atoms with Gasteiger partial charge in [-0.25, -0.2) is 0 Å². The van der Waals surface area contributed by atoms with Gasteiger partial charge in [-0.05, 0) is 11.6 Å². The highest BCUT2D eigenvalue weighted by atomic mass is 35.5. The van der Waals surface area contributed by atoms with Crippen molar-refractivity contribution >= 4 is 11.6 Å². The fourth-order valence-electron chi connectivity index (χ4n) is 2.79. The average Bonchev–Trinajstić information content (AvgIpc) is 2.97. The third kappa shape index (κ3) is 3.74. The SMILES string of the molecule is CC(C)(C)c1noc(CN2CCNCC2c2ccccc2Cl)n1. The molecular weight excluding hydrogens is 312 g/mol. The van der Waals surface area contributed by atoms with Crippen molar-refractivity contribution in [2.75, 3.05) is 19.6 Å². The minimum atomic E-state index is -0.104. The predicted octanol–water partition coefficient (Wildman–Crippen LogP) is 3.17. The number of nitrogens with one attached hydrogen (secondary N) is 1. The molecule has 5 nitrogen and oxygen atoms in total. The lowest BCUT2D eigenvalue weighted by Crippen LogP contribution is -2.45. The Bertz CT molecular complexity index is 665. The van der Waals surface area contributed by atoms with E-state index in [-0.39, 0.29) is 11.5 Å². The topological polar surface area (TPSA) is 54.2 Å². The summed E-state index contributed by atoms with van der Waals surface area (Å²) in [5.74, 6) is 1.41. The molecule has 2 heterocycles. The Hall–Kier alpha value is -1.43. The van der Waals surface area contributed by atoms with Crippen LogP contribution in [0.2, 0.25) is 5.02 Å². The van der Waals surface area contributed by atoms with E-state index in [2.05, 4.69) is 47.2 Å². The first kappa shape index (κ1) is 16.4. The van der Waals surface area contributed by atoms with Crippen LogP contribution in [0.1, 0.15) is 44.1 Å². The van der Waals surface area contributed by atoms with Crippen molar-refractivity contribution in [3.05, 3.63) is 46.6 Å². The normalized spacial score (nSPS) is 19.9. The zero-order valence-electron chi connectivity index (χ0n) is 13.8. The van der Waals surface area contributed by atoms with Crippen molar-refractivity contribution in [2.24, 2.45) is 0 Å². The lowest BCUT2D eigenvalue weighted by atomic mass is 9.96. The van der Waals surface area contributed by atoms with E-state index in [0.29, 0.717) is 12.4 Å². The Balaban J connectivity index is 1.80.